The third-order valence-corrected chi connectivity index (χ3v) is 1.86. The third-order valence-electron chi connectivity index (χ3n) is 1.70. The standard InChI is InChI=1S/C7H5BClNO3/c9-7-10-5-3-1-2-4(8(11)12)6(5)13-7/h1-3,11-12H. The summed E-state index contributed by atoms with van der Waals surface area (Å²) in [5, 5.41) is 17.9. The van der Waals surface area contributed by atoms with Crippen molar-refractivity contribution in [1.82, 2.24) is 4.98 Å². The van der Waals surface area contributed by atoms with Gasteiger partial charge in [-0.2, -0.15) is 4.98 Å². The minimum absolute atomic E-state index is 0.0110. The Hall–Kier alpha value is -1.04. The van der Waals surface area contributed by atoms with Crippen molar-refractivity contribution in [2.45, 2.75) is 0 Å². The van der Waals surface area contributed by atoms with Crippen LogP contribution in [0, 0.1) is 0 Å². The fourth-order valence-corrected chi connectivity index (χ4v) is 1.31. The molecule has 0 atom stereocenters. The zero-order chi connectivity index (χ0) is 9.42. The van der Waals surface area contributed by atoms with E-state index in [1.165, 1.54) is 6.07 Å². The first-order valence-electron chi connectivity index (χ1n) is 3.59. The van der Waals surface area contributed by atoms with Gasteiger partial charge in [0.05, 0.1) is 0 Å². The van der Waals surface area contributed by atoms with Gasteiger partial charge >= 0.3 is 7.12 Å². The van der Waals surface area contributed by atoms with Crippen LogP contribution in [-0.2, 0) is 0 Å². The first-order chi connectivity index (χ1) is 6.18. The van der Waals surface area contributed by atoms with Crippen molar-refractivity contribution in [2.75, 3.05) is 0 Å². The molecule has 1 aromatic heterocycles. The van der Waals surface area contributed by atoms with Crippen molar-refractivity contribution in [2.24, 2.45) is 0 Å². The molecule has 2 N–H and O–H groups in total. The van der Waals surface area contributed by atoms with E-state index in [-0.39, 0.29) is 10.8 Å². The second kappa shape index (κ2) is 3.03. The van der Waals surface area contributed by atoms with E-state index in [2.05, 4.69) is 4.98 Å². The molecule has 0 aliphatic rings. The number of nitrogens with zero attached hydrogens (tertiary/aromatic N) is 1. The second-order valence-corrected chi connectivity index (χ2v) is 2.86. The van der Waals surface area contributed by atoms with E-state index in [1.807, 2.05) is 0 Å². The van der Waals surface area contributed by atoms with Gasteiger partial charge in [-0.1, -0.05) is 12.1 Å². The Labute approximate surface area is 78.9 Å². The molecule has 1 heterocycles. The SMILES string of the molecule is OB(O)c1cccc2nc(Cl)oc12. The molecule has 4 nitrogen and oxygen atoms in total. The Kier molecular flexibility index (Phi) is 1.99. The number of fused-ring (bicyclic) bond motifs is 1. The molecule has 2 aromatic rings. The van der Waals surface area contributed by atoms with Gasteiger partial charge in [-0.3, -0.25) is 0 Å². The average molecular weight is 197 g/mol. The Morgan fingerprint density at radius 2 is 2.15 bits per heavy atom. The molecular weight excluding hydrogens is 192 g/mol. The molecule has 66 valence electrons. The van der Waals surface area contributed by atoms with Crippen LogP contribution in [0.1, 0.15) is 0 Å². The lowest BCUT2D eigenvalue weighted by atomic mass is 9.80. The topological polar surface area (TPSA) is 66.5 Å². The highest BCUT2D eigenvalue weighted by Gasteiger charge is 2.18. The number of benzene rings is 1. The summed E-state index contributed by atoms with van der Waals surface area (Å²) in [6, 6.07) is 4.86. The molecule has 6 heteroatoms. The van der Waals surface area contributed by atoms with Gasteiger partial charge in [0.1, 0.15) is 5.52 Å². The highest BCUT2D eigenvalue weighted by molar-refractivity contribution is 6.61. The molecule has 0 unspecified atom stereocenters. The lowest BCUT2D eigenvalue weighted by Gasteiger charge is -1.97. The van der Waals surface area contributed by atoms with Crippen LogP contribution < -0.4 is 5.46 Å². The summed E-state index contributed by atoms with van der Waals surface area (Å²) in [6.07, 6.45) is 0. The highest BCUT2D eigenvalue weighted by atomic mass is 35.5. The molecular formula is C7H5BClNO3. The fourth-order valence-electron chi connectivity index (χ4n) is 1.15. The van der Waals surface area contributed by atoms with Crippen LogP contribution >= 0.6 is 11.6 Å². The number of halogens is 1. The minimum Gasteiger partial charge on any atom is -0.428 e. The van der Waals surface area contributed by atoms with Gasteiger partial charge in [0.2, 0.25) is 0 Å². The van der Waals surface area contributed by atoms with E-state index in [0.717, 1.165) is 0 Å². The molecule has 0 radical (unpaired) electrons. The Bertz CT molecular complexity index is 442. The molecule has 2 rings (SSSR count). The van der Waals surface area contributed by atoms with Crippen molar-refractivity contribution in [3.63, 3.8) is 0 Å². The average Bonchev–Trinajstić information content (AvgIpc) is 2.43. The lowest BCUT2D eigenvalue weighted by molar-refractivity contribution is 0.425. The lowest BCUT2D eigenvalue weighted by Crippen LogP contribution is -2.29. The molecule has 0 spiro atoms. The van der Waals surface area contributed by atoms with E-state index in [4.69, 9.17) is 26.1 Å². The van der Waals surface area contributed by atoms with Crippen LogP contribution in [0.5, 0.6) is 0 Å². The van der Waals surface area contributed by atoms with E-state index >= 15 is 0 Å². The van der Waals surface area contributed by atoms with Crippen molar-refractivity contribution in [3.05, 3.63) is 23.5 Å². The maximum Gasteiger partial charge on any atom is 0.492 e. The van der Waals surface area contributed by atoms with Crippen LogP contribution in [0.2, 0.25) is 5.35 Å². The number of aromatic nitrogens is 1. The first-order valence-corrected chi connectivity index (χ1v) is 3.97. The maximum atomic E-state index is 8.96. The van der Waals surface area contributed by atoms with E-state index < -0.39 is 7.12 Å². The monoisotopic (exact) mass is 197 g/mol. The van der Waals surface area contributed by atoms with Crippen LogP contribution in [0.15, 0.2) is 22.6 Å². The summed E-state index contributed by atoms with van der Waals surface area (Å²) in [6.45, 7) is 0. The number of hydrogen-bond acceptors (Lipinski definition) is 4. The summed E-state index contributed by atoms with van der Waals surface area (Å²) >= 11 is 5.52. The number of oxazole rings is 1. The molecule has 0 bridgehead atoms. The number of rotatable bonds is 1. The van der Waals surface area contributed by atoms with E-state index in [0.29, 0.717) is 11.1 Å². The molecule has 0 saturated heterocycles. The van der Waals surface area contributed by atoms with E-state index in [1.54, 1.807) is 12.1 Å². The predicted octanol–water partition coefficient (Wildman–Crippen LogP) is 0.161. The summed E-state index contributed by atoms with van der Waals surface area (Å²) in [5.74, 6) is 0. The quantitative estimate of drug-likeness (QED) is 0.639. The first kappa shape index (κ1) is 8.56. The summed E-state index contributed by atoms with van der Waals surface area (Å²) in [5.41, 5.74) is 1.08. The molecule has 0 aliphatic carbocycles. The molecule has 0 amide bonds. The van der Waals surface area contributed by atoms with Crippen molar-refractivity contribution < 1.29 is 14.5 Å². The van der Waals surface area contributed by atoms with Gasteiger partial charge in [-0.05, 0) is 17.7 Å². The van der Waals surface area contributed by atoms with Gasteiger partial charge in [-0.25, -0.2) is 0 Å². The van der Waals surface area contributed by atoms with Gasteiger partial charge in [0.15, 0.2) is 5.58 Å². The van der Waals surface area contributed by atoms with Crippen LogP contribution in [0.25, 0.3) is 11.1 Å². The maximum absolute atomic E-state index is 8.96. The Morgan fingerprint density at radius 3 is 2.85 bits per heavy atom. The summed E-state index contributed by atoms with van der Waals surface area (Å²) in [4.78, 5) is 3.83. The van der Waals surface area contributed by atoms with Gasteiger partial charge < -0.3 is 14.5 Å². The molecule has 1 aromatic carbocycles. The van der Waals surface area contributed by atoms with E-state index in [9.17, 15) is 0 Å². The van der Waals surface area contributed by atoms with Gasteiger partial charge in [0, 0.05) is 5.46 Å². The fraction of sp³-hybridized carbons (Fsp3) is 0. The zero-order valence-electron chi connectivity index (χ0n) is 6.44. The minimum atomic E-state index is -1.58. The molecule has 0 saturated carbocycles. The second-order valence-electron chi connectivity index (χ2n) is 2.54. The highest BCUT2D eigenvalue weighted by Crippen LogP contribution is 2.16. The van der Waals surface area contributed by atoms with Crippen LogP contribution in [-0.4, -0.2) is 22.2 Å². The molecule has 0 fully saturated rings. The van der Waals surface area contributed by atoms with Crippen molar-refractivity contribution in [1.29, 1.82) is 0 Å². The normalized spacial score (nSPS) is 10.7. The largest absolute Gasteiger partial charge is 0.492 e. The number of hydrogen-bond donors (Lipinski definition) is 2. The van der Waals surface area contributed by atoms with Crippen molar-refractivity contribution in [3.8, 4) is 0 Å². The Morgan fingerprint density at radius 1 is 1.38 bits per heavy atom. The number of para-hydroxylation sites is 1. The third kappa shape index (κ3) is 1.41. The Balaban J connectivity index is 2.75. The summed E-state index contributed by atoms with van der Waals surface area (Å²) < 4.78 is 4.99. The van der Waals surface area contributed by atoms with Gasteiger partial charge in [0.25, 0.3) is 5.35 Å². The van der Waals surface area contributed by atoms with Crippen molar-refractivity contribution >= 4 is 35.3 Å². The van der Waals surface area contributed by atoms with Crippen LogP contribution in [0.4, 0.5) is 0 Å². The summed E-state index contributed by atoms with van der Waals surface area (Å²) in [7, 11) is -1.58. The van der Waals surface area contributed by atoms with Gasteiger partial charge in [-0.15, -0.1) is 0 Å². The smallest absolute Gasteiger partial charge is 0.428 e. The predicted molar refractivity (Wildman–Crippen MR) is 48.8 cm³/mol. The molecule has 13 heavy (non-hydrogen) atoms. The zero-order valence-corrected chi connectivity index (χ0v) is 7.19. The van der Waals surface area contributed by atoms with Crippen LogP contribution in [0.3, 0.4) is 0 Å². The molecule has 0 aliphatic heterocycles.